The van der Waals surface area contributed by atoms with Gasteiger partial charge in [0, 0.05) is 9.75 Å². The predicted molar refractivity (Wildman–Crippen MR) is 151 cm³/mol. The minimum Gasteiger partial charge on any atom is -0.454 e. The molecule has 206 valence electrons. The molecule has 2 aromatic heterocycles. The molecule has 4 heterocycles. The number of ether oxygens (including phenoxy) is 2. The maximum Gasteiger partial charge on any atom is 0.325 e. The molecule has 2 atom stereocenters. The molecule has 8 nitrogen and oxygen atoms in total. The number of β-lactam (4-membered cyclic amide) rings is 1. The Kier molecular flexibility index (Phi) is 7.95. The Morgan fingerprint density at radius 1 is 1.08 bits per heavy atom. The topological polar surface area (TPSA) is 88.2 Å². The van der Waals surface area contributed by atoms with Crippen LogP contribution in [0.15, 0.2) is 53.2 Å². The van der Waals surface area contributed by atoms with Crippen LogP contribution < -0.4 is 14.8 Å². The highest BCUT2D eigenvalue weighted by molar-refractivity contribution is 7.10. The van der Waals surface area contributed by atoms with Gasteiger partial charge in [-0.25, -0.2) is 4.79 Å². The highest BCUT2D eigenvalue weighted by atomic mass is 32.1. The molecule has 39 heavy (non-hydrogen) atoms. The molecule has 4 amide bonds. The molecule has 1 saturated heterocycles. The van der Waals surface area contributed by atoms with E-state index in [4.69, 9.17) is 9.47 Å². The quantitative estimate of drug-likeness (QED) is 0.306. The Labute approximate surface area is 236 Å². The lowest BCUT2D eigenvalue weighted by Gasteiger charge is -2.51. The van der Waals surface area contributed by atoms with E-state index in [0.717, 1.165) is 28.2 Å². The number of benzene rings is 1. The number of carbonyl (C=O) groups is 3. The Hall–Kier alpha value is -3.37. The van der Waals surface area contributed by atoms with Gasteiger partial charge in [0.25, 0.3) is 0 Å². The number of carbonyl (C=O) groups excluding carboxylic acids is 3. The van der Waals surface area contributed by atoms with Crippen molar-refractivity contribution in [1.82, 2.24) is 15.1 Å². The van der Waals surface area contributed by atoms with Crippen LogP contribution in [-0.2, 0) is 22.7 Å². The average Bonchev–Trinajstić information content (AvgIpc) is 3.71. The fraction of sp³-hybridized carbons (Fsp3) is 0.414. The summed E-state index contributed by atoms with van der Waals surface area (Å²) in [6.45, 7) is 6.78. The molecule has 3 aromatic rings. The number of nitrogens with zero attached hydrogens (tertiary/aromatic N) is 2. The third kappa shape index (κ3) is 5.53. The first-order valence-electron chi connectivity index (χ1n) is 13.2. The summed E-state index contributed by atoms with van der Waals surface area (Å²) >= 11 is 3.20. The van der Waals surface area contributed by atoms with Crippen molar-refractivity contribution in [3.63, 3.8) is 0 Å². The first kappa shape index (κ1) is 27.2. The van der Waals surface area contributed by atoms with Crippen molar-refractivity contribution in [1.29, 1.82) is 0 Å². The monoisotopic (exact) mass is 567 g/mol. The molecule has 0 saturated carbocycles. The van der Waals surface area contributed by atoms with E-state index in [0.29, 0.717) is 31.0 Å². The van der Waals surface area contributed by atoms with Crippen molar-refractivity contribution in [2.24, 2.45) is 5.41 Å². The molecule has 5 rings (SSSR count). The maximum absolute atomic E-state index is 13.9. The van der Waals surface area contributed by atoms with Crippen molar-refractivity contribution in [2.45, 2.75) is 65.2 Å². The number of rotatable bonds is 10. The van der Waals surface area contributed by atoms with E-state index in [1.165, 1.54) is 4.90 Å². The van der Waals surface area contributed by atoms with Crippen molar-refractivity contribution in [3.8, 4) is 11.5 Å². The summed E-state index contributed by atoms with van der Waals surface area (Å²) in [6, 6.07) is 11.7. The number of fused-ring (bicyclic) bond motifs is 1. The molecular weight excluding hydrogens is 534 g/mol. The van der Waals surface area contributed by atoms with E-state index in [2.05, 4.69) is 12.2 Å². The lowest BCUT2D eigenvalue weighted by Crippen LogP contribution is -2.66. The van der Waals surface area contributed by atoms with Crippen molar-refractivity contribution >= 4 is 40.5 Å². The van der Waals surface area contributed by atoms with Crippen LogP contribution in [0.3, 0.4) is 0 Å². The minimum absolute atomic E-state index is 0.143. The molecule has 10 heteroatoms. The minimum atomic E-state index is -0.779. The number of thiophene rings is 2. The molecule has 1 fully saturated rings. The molecule has 2 aliphatic rings. The summed E-state index contributed by atoms with van der Waals surface area (Å²) in [5, 5.41) is 6.93. The van der Waals surface area contributed by atoms with Gasteiger partial charge in [-0.1, -0.05) is 38.0 Å². The zero-order chi connectivity index (χ0) is 27.6. The molecule has 1 aromatic carbocycles. The number of unbranched alkanes of at least 4 members (excludes halogenated alkanes) is 1. The van der Waals surface area contributed by atoms with Gasteiger partial charge < -0.3 is 19.7 Å². The van der Waals surface area contributed by atoms with E-state index in [1.807, 2.05) is 61.0 Å². The molecule has 1 unspecified atom stereocenters. The van der Waals surface area contributed by atoms with Crippen LogP contribution in [0, 0.1) is 5.41 Å². The lowest BCUT2D eigenvalue weighted by atomic mass is 9.71. The van der Waals surface area contributed by atoms with Gasteiger partial charge in [-0.2, -0.15) is 0 Å². The summed E-state index contributed by atoms with van der Waals surface area (Å²) in [5.41, 5.74) is 0.00525. The fourth-order valence-electron chi connectivity index (χ4n) is 5.16. The number of hydrogen-bond donors (Lipinski definition) is 1. The van der Waals surface area contributed by atoms with Gasteiger partial charge >= 0.3 is 6.03 Å². The molecule has 0 spiro atoms. The van der Waals surface area contributed by atoms with Gasteiger partial charge in [0.1, 0.15) is 6.04 Å². The predicted octanol–water partition coefficient (Wildman–Crippen LogP) is 5.95. The second kappa shape index (κ2) is 11.4. The van der Waals surface area contributed by atoms with Crippen LogP contribution in [0.1, 0.15) is 61.4 Å². The van der Waals surface area contributed by atoms with Crippen LogP contribution in [0.4, 0.5) is 4.79 Å². The fourth-order valence-corrected chi connectivity index (χ4v) is 6.60. The molecule has 2 aliphatic heterocycles. The number of likely N-dealkylation sites (tertiary alicyclic amines) is 1. The van der Waals surface area contributed by atoms with Crippen molar-refractivity contribution in [2.75, 3.05) is 6.79 Å². The van der Waals surface area contributed by atoms with E-state index < -0.39 is 23.5 Å². The summed E-state index contributed by atoms with van der Waals surface area (Å²) < 4.78 is 10.9. The zero-order valence-corrected chi connectivity index (χ0v) is 24.0. The first-order chi connectivity index (χ1) is 18.8. The zero-order valence-electron chi connectivity index (χ0n) is 22.3. The normalized spacial score (nSPS) is 18.0. The largest absolute Gasteiger partial charge is 0.454 e. The standard InChI is InChI=1S/C29H33N3O5S2/c1-4-5-10-22(26(33)31(16-20-8-6-13-38-20)17-21-9-7-14-39-21)30-28(35)32-25(29(2,3)27(32)34)19-11-12-23-24(15-19)37-18-36-23/h6-9,11-15,22,25H,4-5,10,16-18H2,1-3H3,(H,30,35)/t22?,25-/m1/s1. The van der Waals surface area contributed by atoms with Gasteiger partial charge in [0.05, 0.1) is 24.5 Å². The van der Waals surface area contributed by atoms with Gasteiger partial charge in [0.2, 0.25) is 18.6 Å². The Balaban J connectivity index is 1.37. The third-order valence-corrected chi connectivity index (χ3v) is 8.97. The van der Waals surface area contributed by atoms with E-state index in [1.54, 1.807) is 33.6 Å². The number of hydrogen-bond acceptors (Lipinski definition) is 7. The van der Waals surface area contributed by atoms with Gasteiger partial charge in [-0.15, -0.1) is 22.7 Å². The SMILES string of the molecule is CCCCC(NC(=O)N1C(=O)C(C)(C)[C@H]1c1ccc2c(c1)OCO2)C(=O)N(Cc1cccs1)Cc1cccs1. The Morgan fingerprint density at radius 2 is 1.74 bits per heavy atom. The number of urea groups is 1. The summed E-state index contributed by atoms with van der Waals surface area (Å²) in [4.78, 5) is 46.0. The smallest absolute Gasteiger partial charge is 0.325 e. The molecule has 0 radical (unpaired) electrons. The summed E-state index contributed by atoms with van der Waals surface area (Å²) in [5.74, 6) is 0.806. The van der Waals surface area contributed by atoms with Crippen molar-refractivity contribution < 1.29 is 23.9 Å². The van der Waals surface area contributed by atoms with Crippen LogP contribution >= 0.6 is 22.7 Å². The highest BCUT2D eigenvalue weighted by Crippen LogP contribution is 2.51. The van der Waals surface area contributed by atoms with E-state index in [9.17, 15) is 14.4 Å². The van der Waals surface area contributed by atoms with Gasteiger partial charge in [-0.3, -0.25) is 14.5 Å². The van der Waals surface area contributed by atoms with Crippen LogP contribution in [-0.4, -0.2) is 40.5 Å². The van der Waals surface area contributed by atoms with E-state index in [-0.39, 0.29) is 18.6 Å². The van der Waals surface area contributed by atoms with Crippen LogP contribution in [0.5, 0.6) is 11.5 Å². The number of amides is 4. The van der Waals surface area contributed by atoms with Gasteiger partial charge in [0.15, 0.2) is 11.5 Å². The third-order valence-electron chi connectivity index (χ3n) is 7.25. The van der Waals surface area contributed by atoms with Crippen molar-refractivity contribution in [3.05, 3.63) is 68.5 Å². The molecule has 0 bridgehead atoms. The summed E-state index contributed by atoms with van der Waals surface area (Å²) in [7, 11) is 0. The maximum atomic E-state index is 13.9. The van der Waals surface area contributed by atoms with Gasteiger partial charge in [-0.05, 0) is 60.9 Å². The second-order valence-electron chi connectivity index (χ2n) is 10.4. The van der Waals surface area contributed by atoms with Crippen LogP contribution in [0.2, 0.25) is 0 Å². The van der Waals surface area contributed by atoms with Crippen LogP contribution in [0.25, 0.3) is 0 Å². The second-order valence-corrected chi connectivity index (χ2v) is 12.5. The Bertz CT molecular complexity index is 1290. The highest BCUT2D eigenvalue weighted by Gasteiger charge is 2.58. The molecule has 0 aliphatic carbocycles. The molecular formula is C29H33N3O5S2. The number of imide groups is 1. The Morgan fingerprint density at radius 3 is 2.36 bits per heavy atom. The average molecular weight is 568 g/mol. The summed E-state index contributed by atoms with van der Waals surface area (Å²) in [6.07, 6.45) is 2.14. The first-order valence-corrected chi connectivity index (χ1v) is 14.9. The number of nitrogens with one attached hydrogen (secondary N) is 1. The lowest BCUT2D eigenvalue weighted by molar-refractivity contribution is -0.161. The molecule has 1 N–H and O–H groups in total. The van der Waals surface area contributed by atoms with E-state index >= 15 is 0 Å².